The molecule has 0 bridgehead atoms. The molecule has 0 aliphatic carbocycles. The highest BCUT2D eigenvalue weighted by Crippen LogP contribution is 2.33. The van der Waals surface area contributed by atoms with Crippen molar-refractivity contribution in [3.05, 3.63) is 47.1 Å². The van der Waals surface area contributed by atoms with E-state index in [1.165, 1.54) is 17.5 Å². The molecule has 0 unspecified atom stereocenters. The molecule has 0 amide bonds. The van der Waals surface area contributed by atoms with Crippen LogP contribution in [-0.2, 0) is 13.0 Å². The lowest BCUT2D eigenvalue weighted by molar-refractivity contribution is 0.220. The molecule has 3 rings (SSSR count). The summed E-state index contributed by atoms with van der Waals surface area (Å²) >= 11 is 0. The molecule has 1 aliphatic heterocycles. The van der Waals surface area contributed by atoms with Gasteiger partial charge in [0.25, 0.3) is 0 Å². The Bertz CT molecular complexity index is 637. The van der Waals surface area contributed by atoms with Gasteiger partial charge in [0, 0.05) is 19.0 Å². The first-order valence-electron chi connectivity index (χ1n) is 8.78. The predicted molar refractivity (Wildman–Crippen MR) is 91.3 cm³/mol. The normalized spacial score (nSPS) is 21.9. The maximum Gasteiger partial charge on any atom is 0.240 e. The molecule has 0 radical (unpaired) electrons. The van der Waals surface area contributed by atoms with Crippen molar-refractivity contribution in [1.29, 1.82) is 0 Å². The van der Waals surface area contributed by atoms with Crippen LogP contribution < -0.4 is 0 Å². The Morgan fingerprint density at radius 1 is 1.30 bits per heavy atom. The van der Waals surface area contributed by atoms with Crippen molar-refractivity contribution in [3.63, 3.8) is 0 Å². The first-order valence-corrected chi connectivity index (χ1v) is 8.78. The van der Waals surface area contributed by atoms with Gasteiger partial charge in [-0.15, -0.1) is 0 Å². The molecule has 1 aromatic carbocycles. The van der Waals surface area contributed by atoms with Crippen molar-refractivity contribution < 1.29 is 4.52 Å². The van der Waals surface area contributed by atoms with Crippen LogP contribution in [0.5, 0.6) is 0 Å². The van der Waals surface area contributed by atoms with Gasteiger partial charge in [0.1, 0.15) is 0 Å². The monoisotopic (exact) mass is 313 g/mol. The van der Waals surface area contributed by atoms with Gasteiger partial charge in [-0.25, -0.2) is 0 Å². The second kappa shape index (κ2) is 7.26. The van der Waals surface area contributed by atoms with Gasteiger partial charge in [0.05, 0.1) is 6.54 Å². The van der Waals surface area contributed by atoms with Crippen LogP contribution in [0.15, 0.2) is 28.8 Å². The van der Waals surface area contributed by atoms with Crippen LogP contribution in [0.4, 0.5) is 0 Å². The fourth-order valence-electron chi connectivity index (χ4n) is 3.55. The van der Waals surface area contributed by atoms with Crippen LogP contribution in [0, 0.1) is 6.92 Å². The molecule has 0 saturated carbocycles. The summed E-state index contributed by atoms with van der Waals surface area (Å²) < 4.78 is 5.43. The maximum atomic E-state index is 5.43. The second-order valence-electron chi connectivity index (χ2n) is 6.78. The fourth-order valence-corrected chi connectivity index (χ4v) is 3.55. The Labute approximate surface area is 138 Å². The molecule has 4 nitrogen and oxygen atoms in total. The predicted octanol–water partition coefficient (Wildman–Crippen LogP) is 4.10. The van der Waals surface area contributed by atoms with Crippen LogP contribution in [0.2, 0.25) is 0 Å². The molecule has 1 aromatic heterocycles. The van der Waals surface area contributed by atoms with Gasteiger partial charge in [-0.3, -0.25) is 4.90 Å². The molecule has 23 heavy (non-hydrogen) atoms. The minimum atomic E-state index is 0.547. The third-order valence-corrected chi connectivity index (χ3v) is 4.93. The lowest BCUT2D eigenvalue weighted by atomic mass is 9.93. The Kier molecular flexibility index (Phi) is 5.11. The number of hydrogen-bond acceptors (Lipinski definition) is 4. The van der Waals surface area contributed by atoms with Crippen LogP contribution in [0.1, 0.15) is 61.9 Å². The average molecular weight is 313 g/mol. The van der Waals surface area contributed by atoms with Crippen molar-refractivity contribution in [1.82, 2.24) is 15.0 Å². The van der Waals surface area contributed by atoms with Crippen molar-refractivity contribution in [2.24, 2.45) is 0 Å². The van der Waals surface area contributed by atoms with E-state index >= 15 is 0 Å². The number of nitrogens with zero attached hydrogens (tertiary/aromatic N) is 3. The molecule has 1 saturated heterocycles. The quantitative estimate of drug-likeness (QED) is 0.805. The summed E-state index contributed by atoms with van der Waals surface area (Å²) in [5, 5.41) is 4.10. The molecule has 1 aliphatic rings. The Morgan fingerprint density at radius 2 is 2.13 bits per heavy atom. The van der Waals surface area contributed by atoms with Crippen LogP contribution in [0.3, 0.4) is 0 Å². The van der Waals surface area contributed by atoms with Crippen molar-refractivity contribution in [2.45, 2.75) is 65.0 Å². The van der Waals surface area contributed by atoms with E-state index in [2.05, 4.69) is 60.1 Å². The van der Waals surface area contributed by atoms with Gasteiger partial charge in [-0.1, -0.05) is 42.8 Å². The van der Waals surface area contributed by atoms with E-state index < -0.39 is 0 Å². The van der Waals surface area contributed by atoms with E-state index in [0.717, 1.165) is 44.1 Å². The standard InChI is InChI=1S/C19H27N3O/c1-4-5-10-18-20-19(23-21-18)13-22-12-16(11-15(22)3)17-9-7-6-8-14(17)2/h6-9,15-16H,4-5,10-13H2,1-3H3/t15-,16-/m0/s1. The Balaban J connectivity index is 1.63. The Morgan fingerprint density at radius 3 is 2.91 bits per heavy atom. The van der Waals surface area contributed by atoms with Crippen molar-refractivity contribution in [2.75, 3.05) is 6.54 Å². The zero-order valence-electron chi connectivity index (χ0n) is 14.5. The number of hydrogen-bond donors (Lipinski definition) is 0. The second-order valence-corrected chi connectivity index (χ2v) is 6.78. The van der Waals surface area contributed by atoms with Gasteiger partial charge >= 0.3 is 0 Å². The molecule has 1 fully saturated rings. The minimum absolute atomic E-state index is 0.547. The molecule has 0 spiro atoms. The summed E-state index contributed by atoms with van der Waals surface area (Å²) in [6, 6.07) is 9.29. The van der Waals surface area contributed by atoms with Gasteiger partial charge in [0.15, 0.2) is 5.82 Å². The lowest BCUT2D eigenvalue weighted by Gasteiger charge is -2.18. The van der Waals surface area contributed by atoms with E-state index in [1.807, 2.05) is 0 Å². The number of unbranched alkanes of at least 4 members (excludes halogenated alkanes) is 1. The summed E-state index contributed by atoms with van der Waals surface area (Å²) in [4.78, 5) is 7.01. The number of benzene rings is 1. The molecule has 2 atom stereocenters. The van der Waals surface area contributed by atoms with Gasteiger partial charge in [-0.2, -0.15) is 4.98 Å². The number of rotatable bonds is 6. The molecule has 124 valence electrons. The van der Waals surface area contributed by atoms with E-state index in [-0.39, 0.29) is 0 Å². The van der Waals surface area contributed by atoms with Gasteiger partial charge in [0.2, 0.25) is 5.89 Å². The minimum Gasteiger partial charge on any atom is -0.338 e. The first kappa shape index (κ1) is 16.2. The third-order valence-electron chi connectivity index (χ3n) is 4.93. The third kappa shape index (κ3) is 3.81. The van der Waals surface area contributed by atoms with Crippen LogP contribution in [-0.4, -0.2) is 27.6 Å². The van der Waals surface area contributed by atoms with E-state index in [4.69, 9.17) is 4.52 Å². The van der Waals surface area contributed by atoms with Crippen LogP contribution >= 0.6 is 0 Å². The zero-order chi connectivity index (χ0) is 16.2. The summed E-state index contributed by atoms with van der Waals surface area (Å²) in [5.74, 6) is 2.21. The summed E-state index contributed by atoms with van der Waals surface area (Å²) in [5.41, 5.74) is 2.88. The molecule has 2 aromatic rings. The zero-order valence-corrected chi connectivity index (χ0v) is 14.5. The fraction of sp³-hybridized carbons (Fsp3) is 0.579. The van der Waals surface area contributed by atoms with E-state index in [1.54, 1.807) is 0 Å². The largest absolute Gasteiger partial charge is 0.338 e. The maximum absolute atomic E-state index is 5.43. The summed E-state index contributed by atoms with van der Waals surface area (Å²) in [6.07, 6.45) is 4.39. The van der Waals surface area contributed by atoms with E-state index in [9.17, 15) is 0 Å². The molecular weight excluding hydrogens is 286 g/mol. The smallest absolute Gasteiger partial charge is 0.240 e. The molecule has 2 heterocycles. The van der Waals surface area contributed by atoms with Crippen LogP contribution in [0.25, 0.3) is 0 Å². The van der Waals surface area contributed by atoms with E-state index in [0.29, 0.717) is 12.0 Å². The number of aromatic nitrogens is 2. The molecule has 4 heteroatoms. The molecular formula is C19H27N3O. The van der Waals surface area contributed by atoms with Gasteiger partial charge in [-0.05, 0) is 43.7 Å². The van der Waals surface area contributed by atoms with Crippen molar-refractivity contribution in [3.8, 4) is 0 Å². The highest BCUT2D eigenvalue weighted by Gasteiger charge is 2.31. The number of aryl methyl sites for hydroxylation is 2. The summed E-state index contributed by atoms with van der Waals surface area (Å²) in [6.45, 7) is 8.52. The highest BCUT2D eigenvalue weighted by molar-refractivity contribution is 5.30. The first-order chi connectivity index (χ1) is 11.2. The highest BCUT2D eigenvalue weighted by atomic mass is 16.5. The van der Waals surface area contributed by atoms with Crippen molar-refractivity contribution >= 4 is 0 Å². The topological polar surface area (TPSA) is 42.2 Å². The number of likely N-dealkylation sites (tertiary alicyclic amines) is 1. The lowest BCUT2D eigenvalue weighted by Crippen LogP contribution is -2.26. The Hall–Kier alpha value is -1.68. The SMILES string of the molecule is CCCCc1noc(CN2C[C@@H](c3ccccc3C)C[C@@H]2C)n1. The van der Waals surface area contributed by atoms with Gasteiger partial charge < -0.3 is 4.52 Å². The summed E-state index contributed by atoms with van der Waals surface area (Å²) in [7, 11) is 0. The molecule has 0 N–H and O–H groups in total. The average Bonchev–Trinajstić information content (AvgIpc) is 3.13.